The molecular weight excluding hydrogens is 271 g/mol. The van der Waals surface area contributed by atoms with Crippen LogP contribution in [0.2, 0.25) is 0 Å². The molecule has 0 saturated carbocycles. The molecule has 3 N–H and O–H groups in total. The van der Waals surface area contributed by atoms with Gasteiger partial charge >= 0.3 is 0 Å². The van der Waals surface area contributed by atoms with E-state index < -0.39 is 5.91 Å². The van der Waals surface area contributed by atoms with Crippen LogP contribution in [0.25, 0.3) is 0 Å². The molecule has 0 bridgehead atoms. The number of benzene rings is 2. The predicted molar refractivity (Wildman–Crippen MR) is 77.3 cm³/mol. The summed E-state index contributed by atoms with van der Waals surface area (Å²) in [4.78, 5) is 23.1. The van der Waals surface area contributed by atoms with E-state index in [1.54, 1.807) is 31.2 Å². The van der Waals surface area contributed by atoms with Gasteiger partial charge in [0.05, 0.1) is 0 Å². The normalized spacial score (nSPS) is 10.2. The van der Waals surface area contributed by atoms with Crippen LogP contribution in [0.4, 0.5) is 4.39 Å². The van der Waals surface area contributed by atoms with Crippen LogP contribution in [0.3, 0.4) is 0 Å². The number of carbonyl (C=O) groups excluding carboxylic acids is 2. The van der Waals surface area contributed by atoms with Gasteiger partial charge in [-0.05, 0) is 48.4 Å². The molecule has 0 fully saturated rings. The molecular formula is C16H15FN2O2. The van der Waals surface area contributed by atoms with Gasteiger partial charge < -0.3 is 11.1 Å². The van der Waals surface area contributed by atoms with Crippen molar-refractivity contribution in [3.63, 3.8) is 0 Å². The highest BCUT2D eigenvalue weighted by Crippen LogP contribution is 2.10. The fourth-order valence-corrected chi connectivity index (χ4v) is 1.90. The molecule has 108 valence electrons. The fraction of sp³-hybridized carbons (Fsp3) is 0.125. The van der Waals surface area contributed by atoms with E-state index in [1.165, 1.54) is 18.2 Å². The van der Waals surface area contributed by atoms with Gasteiger partial charge in [0.25, 0.3) is 5.91 Å². The molecule has 0 aromatic heterocycles. The molecule has 0 radical (unpaired) electrons. The topological polar surface area (TPSA) is 72.2 Å². The molecule has 2 amide bonds. The highest BCUT2D eigenvalue weighted by atomic mass is 19.1. The number of aryl methyl sites for hydroxylation is 1. The van der Waals surface area contributed by atoms with Gasteiger partial charge in [-0.15, -0.1) is 0 Å². The summed E-state index contributed by atoms with van der Waals surface area (Å²) in [6.07, 6.45) is 0. The van der Waals surface area contributed by atoms with Crippen LogP contribution < -0.4 is 11.1 Å². The minimum Gasteiger partial charge on any atom is -0.366 e. The highest BCUT2D eigenvalue weighted by molar-refractivity contribution is 5.94. The Kier molecular flexibility index (Phi) is 4.33. The summed E-state index contributed by atoms with van der Waals surface area (Å²) in [5, 5.41) is 2.71. The Morgan fingerprint density at radius 2 is 1.90 bits per heavy atom. The van der Waals surface area contributed by atoms with E-state index in [9.17, 15) is 14.0 Å². The van der Waals surface area contributed by atoms with Crippen LogP contribution in [0, 0.1) is 12.7 Å². The average molecular weight is 286 g/mol. The predicted octanol–water partition coefficient (Wildman–Crippen LogP) is 2.16. The average Bonchev–Trinajstić information content (AvgIpc) is 2.48. The smallest absolute Gasteiger partial charge is 0.251 e. The maximum atomic E-state index is 13.2. The van der Waals surface area contributed by atoms with Gasteiger partial charge in [0.1, 0.15) is 5.82 Å². The van der Waals surface area contributed by atoms with Crippen LogP contribution in [0.5, 0.6) is 0 Å². The van der Waals surface area contributed by atoms with Gasteiger partial charge in [-0.2, -0.15) is 0 Å². The number of hydrogen-bond donors (Lipinski definition) is 2. The number of halogens is 1. The Morgan fingerprint density at radius 3 is 2.57 bits per heavy atom. The third-order valence-corrected chi connectivity index (χ3v) is 3.08. The van der Waals surface area contributed by atoms with Crippen molar-refractivity contribution >= 4 is 11.8 Å². The first kappa shape index (κ1) is 14.7. The maximum absolute atomic E-state index is 13.2. The van der Waals surface area contributed by atoms with E-state index >= 15 is 0 Å². The Labute approximate surface area is 121 Å². The van der Waals surface area contributed by atoms with Crippen LogP contribution in [-0.4, -0.2) is 11.8 Å². The van der Waals surface area contributed by atoms with E-state index in [-0.39, 0.29) is 18.3 Å². The Bertz CT molecular complexity index is 698. The third-order valence-electron chi connectivity index (χ3n) is 3.08. The van der Waals surface area contributed by atoms with Crippen molar-refractivity contribution in [2.75, 3.05) is 0 Å². The first-order valence-corrected chi connectivity index (χ1v) is 6.40. The molecule has 2 rings (SSSR count). The molecule has 21 heavy (non-hydrogen) atoms. The molecule has 5 heteroatoms. The Morgan fingerprint density at radius 1 is 1.14 bits per heavy atom. The lowest BCUT2D eigenvalue weighted by Crippen LogP contribution is -2.23. The minimum atomic E-state index is -0.516. The number of nitrogens with two attached hydrogens (primary N) is 1. The first-order chi connectivity index (χ1) is 9.97. The molecule has 4 nitrogen and oxygen atoms in total. The van der Waals surface area contributed by atoms with E-state index in [0.29, 0.717) is 16.7 Å². The molecule has 2 aromatic carbocycles. The van der Waals surface area contributed by atoms with Gasteiger partial charge in [-0.25, -0.2) is 4.39 Å². The molecule has 0 aliphatic rings. The van der Waals surface area contributed by atoms with Gasteiger partial charge in [-0.1, -0.05) is 12.1 Å². The second-order valence-corrected chi connectivity index (χ2v) is 4.71. The number of rotatable bonds is 4. The molecule has 0 atom stereocenters. The summed E-state index contributed by atoms with van der Waals surface area (Å²) in [5.41, 5.74) is 7.15. The van der Waals surface area contributed by atoms with E-state index in [0.717, 1.165) is 5.56 Å². The highest BCUT2D eigenvalue weighted by Gasteiger charge is 2.08. The Balaban J connectivity index is 2.05. The van der Waals surface area contributed by atoms with Crippen LogP contribution in [0.15, 0.2) is 42.5 Å². The zero-order chi connectivity index (χ0) is 15.4. The minimum absolute atomic E-state index is 0.260. The van der Waals surface area contributed by atoms with Crippen molar-refractivity contribution in [2.45, 2.75) is 13.5 Å². The van der Waals surface area contributed by atoms with E-state index in [1.807, 2.05) is 0 Å². The van der Waals surface area contributed by atoms with Crippen molar-refractivity contribution in [1.82, 2.24) is 5.32 Å². The van der Waals surface area contributed by atoms with Crippen molar-refractivity contribution in [3.05, 3.63) is 70.5 Å². The van der Waals surface area contributed by atoms with Crippen molar-refractivity contribution in [2.24, 2.45) is 5.73 Å². The second-order valence-electron chi connectivity index (χ2n) is 4.71. The summed E-state index contributed by atoms with van der Waals surface area (Å²) in [6, 6.07) is 10.9. The first-order valence-electron chi connectivity index (χ1n) is 6.40. The number of primary amides is 1. The molecule has 0 saturated heterocycles. The molecule has 0 aliphatic carbocycles. The molecule has 0 unspecified atom stereocenters. The lowest BCUT2D eigenvalue weighted by Gasteiger charge is -2.07. The number of nitrogens with one attached hydrogen (secondary N) is 1. The van der Waals surface area contributed by atoms with E-state index in [2.05, 4.69) is 5.32 Å². The summed E-state index contributed by atoms with van der Waals surface area (Å²) in [6.45, 7) is 1.86. The number of carbonyl (C=O) groups is 2. The quantitative estimate of drug-likeness (QED) is 0.904. The van der Waals surface area contributed by atoms with E-state index in [4.69, 9.17) is 5.73 Å². The summed E-state index contributed by atoms with van der Waals surface area (Å²) >= 11 is 0. The Hall–Kier alpha value is -2.69. The summed E-state index contributed by atoms with van der Waals surface area (Å²) in [5.74, 6) is -1.17. The zero-order valence-electron chi connectivity index (χ0n) is 11.5. The molecule has 2 aromatic rings. The van der Waals surface area contributed by atoms with Gasteiger partial charge in [-0.3, -0.25) is 9.59 Å². The SMILES string of the molecule is Cc1cc(C(=O)NCc2cccc(C(N)=O)c2)ccc1F. The zero-order valence-corrected chi connectivity index (χ0v) is 11.5. The lowest BCUT2D eigenvalue weighted by molar-refractivity contribution is 0.0950. The number of amides is 2. The van der Waals surface area contributed by atoms with Crippen LogP contribution in [0.1, 0.15) is 31.8 Å². The largest absolute Gasteiger partial charge is 0.366 e. The standard InChI is InChI=1S/C16H15FN2O2/c1-10-7-13(5-6-14(10)17)16(21)19-9-11-3-2-4-12(8-11)15(18)20/h2-8H,9H2,1H3,(H2,18,20)(H,19,21). The molecule has 0 aliphatic heterocycles. The lowest BCUT2D eigenvalue weighted by atomic mass is 10.1. The molecule has 0 heterocycles. The summed E-state index contributed by atoms with van der Waals surface area (Å²) < 4.78 is 13.2. The second kappa shape index (κ2) is 6.17. The van der Waals surface area contributed by atoms with Crippen molar-refractivity contribution in [1.29, 1.82) is 0 Å². The maximum Gasteiger partial charge on any atom is 0.251 e. The van der Waals surface area contributed by atoms with Gasteiger partial charge in [0.15, 0.2) is 0 Å². The van der Waals surface area contributed by atoms with Gasteiger partial charge in [0.2, 0.25) is 5.91 Å². The van der Waals surface area contributed by atoms with Crippen molar-refractivity contribution in [3.8, 4) is 0 Å². The third kappa shape index (κ3) is 3.66. The number of hydrogen-bond acceptors (Lipinski definition) is 2. The van der Waals surface area contributed by atoms with Crippen LogP contribution >= 0.6 is 0 Å². The van der Waals surface area contributed by atoms with Crippen LogP contribution in [-0.2, 0) is 6.54 Å². The fourth-order valence-electron chi connectivity index (χ4n) is 1.90. The molecule has 0 spiro atoms. The monoisotopic (exact) mass is 286 g/mol. The van der Waals surface area contributed by atoms with Gasteiger partial charge in [0, 0.05) is 17.7 Å². The summed E-state index contributed by atoms with van der Waals surface area (Å²) in [7, 11) is 0. The van der Waals surface area contributed by atoms with Crippen molar-refractivity contribution < 1.29 is 14.0 Å².